The van der Waals surface area contributed by atoms with Crippen molar-refractivity contribution in [3.8, 4) is 0 Å². The lowest BCUT2D eigenvalue weighted by Gasteiger charge is -2.34. The Morgan fingerprint density at radius 2 is 1.78 bits per heavy atom. The number of sulfone groups is 1. The van der Waals surface area contributed by atoms with Gasteiger partial charge < -0.3 is 5.32 Å². The van der Waals surface area contributed by atoms with E-state index < -0.39 is 9.84 Å². The molecule has 1 rings (SSSR count). The molecule has 5 heteroatoms. The van der Waals surface area contributed by atoms with E-state index in [1.807, 2.05) is 0 Å². The molecule has 0 bridgehead atoms. The van der Waals surface area contributed by atoms with Crippen LogP contribution in [-0.2, 0) is 9.84 Å². The molecule has 1 atom stereocenters. The van der Waals surface area contributed by atoms with Gasteiger partial charge in [-0.25, -0.2) is 8.42 Å². The van der Waals surface area contributed by atoms with Crippen LogP contribution in [0.3, 0.4) is 0 Å². The third-order valence-corrected chi connectivity index (χ3v) is 5.28. The molecule has 0 aromatic rings. The van der Waals surface area contributed by atoms with Crippen LogP contribution in [0.5, 0.6) is 0 Å². The lowest BCUT2D eigenvalue weighted by Crippen LogP contribution is -2.48. The second-order valence-corrected chi connectivity index (χ2v) is 8.22. The summed E-state index contributed by atoms with van der Waals surface area (Å²) in [6.07, 6.45) is 0.771. The van der Waals surface area contributed by atoms with Crippen molar-refractivity contribution < 1.29 is 8.42 Å². The highest BCUT2D eigenvalue weighted by atomic mass is 32.2. The molecule has 1 N–H and O–H groups in total. The average molecular weight is 276 g/mol. The predicted molar refractivity (Wildman–Crippen MR) is 76.6 cm³/mol. The fourth-order valence-corrected chi connectivity index (χ4v) is 3.72. The molecule has 1 aliphatic rings. The van der Waals surface area contributed by atoms with Gasteiger partial charge in [-0.3, -0.25) is 4.90 Å². The van der Waals surface area contributed by atoms with Crippen molar-refractivity contribution in [1.29, 1.82) is 0 Å². The van der Waals surface area contributed by atoms with Gasteiger partial charge in [-0.05, 0) is 18.9 Å². The Balaban J connectivity index is 2.62. The molecular formula is C13H28N2O2S. The van der Waals surface area contributed by atoms with E-state index in [2.05, 4.69) is 37.9 Å². The Morgan fingerprint density at radius 1 is 1.11 bits per heavy atom. The van der Waals surface area contributed by atoms with E-state index in [0.29, 0.717) is 36.1 Å². The van der Waals surface area contributed by atoms with E-state index in [9.17, 15) is 8.42 Å². The molecule has 0 saturated carbocycles. The summed E-state index contributed by atoms with van der Waals surface area (Å²) in [7, 11) is -2.80. The van der Waals surface area contributed by atoms with E-state index in [-0.39, 0.29) is 0 Å². The van der Waals surface area contributed by atoms with Gasteiger partial charge in [0.25, 0.3) is 0 Å². The summed E-state index contributed by atoms with van der Waals surface area (Å²) in [5, 5.41) is 3.47. The molecule has 4 nitrogen and oxygen atoms in total. The summed E-state index contributed by atoms with van der Waals surface area (Å²) in [6.45, 7) is 11.2. The first-order valence-corrected chi connectivity index (χ1v) is 8.82. The minimum absolute atomic E-state index is 0.317. The van der Waals surface area contributed by atoms with E-state index in [0.717, 1.165) is 19.5 Å². The Bertz CT molecular complexity index is 339. The van der Waals surface area contributed by atoms with Crippen LogP contribution >= 0.6 is 0 Å². The quantitative estimate of drug-likeness (QED) is 0.818. The minimum Gasteiger partial charge on any atom is -0.313 e. The first-order valence-electron chi connectivity index (χ1n) is 6.99. The second-order valence-electron chi connectivity index (χ2n) is 5.92. The molecule has 0 aliphatic carbocycles. The first-order chi connectivity index (χ1) is 8.32. The van der Waals surface area contributed by atoms with Crippen LogP contribution in [0.1, 0.15) is 34.1 Å². The SMILES string of the molecule is CC(C)NCC(C(C)C)N1CCCS(=O)(=O)CC1. The number of hydrogen-bond acceptors (Lipinski definition) is 4. The van der Waals surface area contributed by atoms with Crippen molar-refractivity contribution in [2.45, 2.75) is 46.2 Å². The average Bonchev–Trinajstić information content (AvgIpc) is 2.40. The van der Waals surface area contributed by atoms with E-state index in [4.69, 9.17) is 0 Å². The van der Waals surface area contributed by atoms with Gasteiger partial charge in [0.2, 0.25) is 0 Å². The van der Waals surface area contributed by atoms with Gasteiger partial charge in [0.1, 0.15) is 0 Å². The lowest BCUT2D eigenvalue weighted by atomic mass is 10.0. The molecule has 108 valence electrons. The Hall–Kier alpha value is -0.130. The van der Waals surface area contributed by atoms with Crippen molar-refractivity contribution in [2.24, 2.45) is 5.92 Å². The molecular weight excluding hydrogens is 248 g/mol. The Labute approximate surface area is 112 Å². The Morgan fingerprint density at radius 3 is 2.33 bits per heavy atom. The third-order valence-electron chi connectivity index (χ3n) is 3.56. The van der Waals surface area contributed by atoms with E-state index in [1.54, 1.807) is 0 Å². The van der Waals surface area contributed by atoms with Crippen molar-refractivity contribution >= 4 is 9.84 Å². The molecule has 0 radical (unpaired) electrons. The molecule has 0 spiro atoms. The fourth-order valence-electron chi connectivity index (χ4n) is 2.43. The van der Waals surface area contributed by atoms with Crippen molar-refractivity contribution in [3.63, 3.8) is 0 Å². The van der Waals surface area contributed by atoms with Crippen LogP contribution < -0.4 is 5.32 Å². The second kappa shape index (κ2) is 6.87. The maximum absolute atomic E-state index is 11.6. The van der Waals surface area contributed by atoms with Crippen molar-refractivity contribution in [2.75, 3.05) is 31.1 Å². The summed E-state index contributed by atoms with van der Waals surface area (Å²) in [6, 6.07) is 0.905. The van der Waals surface area contributed by atoms with Crippen LogP contribution in [0.15, 0.2) is 0 Å². The molecule has 0 aromatic carbocycles. The third kappa shape index (κ3) is 5.24. The Kier molecular flexibility index (Phi) is 6.08. The monoisotopic (exact) mass is 276 g/mol. The molecule has 1 heterocycles. The van der Waals surface area contributed by atoms with Gasteiger partial charge in [-0.1, -0.05) is 27.7 Å². The summed E-state index contributed by atoms with van der Waals surface area (Å²) in [5.41, 5.74) is 0. The van der Waals surface area contributed by atoms with Gasteiger partial charge >= 0.3 is 0 Å². The van der Waals surface area contributed by atoms with Crippen molar-refractivity contribution in [1.82, 2.24) is 10.2 Å². The van der Waals surface area contributed by atoms with Crippen LogP contribution in [0.25, 0.3) is 0 Å². The number of hydrogen-bond donors (Lipinski definition) is 1. The van der Waals surface area contributed by atoms with Crippen molar-refractivity contribution in [3.05, 3.63) is 0 Å². The van der Waals surface area contributed by atoms with Gasteiger partial charge in [-0.2, -0.15) is 0 Å². The number of rotatable bonds is 5. The standard InChI is InChI=1S/C13H28N2O2S/c1-11(2)13(10-14-12(3)4)15-6-5-8-18(16,17)9-7-15/h11-14H,5-10H2,1-4H3. The summed E-state index contributed by atoms with van der Waals surface area (Å²) < 4.78 is 23.3. The highest BCUT2D eigenvalue weighted by Gasteiger charge is 2.26. The van der Waals surface area contributed by atoms with Crippen LogP contribution in [0.4, 0.5) is 0 Å². The van der Waals surface area contributed by atoms with E-state index in [1.165, 1.54) is 0 Å². The zero-order valence-corrected chi connectivity index (χ0v) is 13.0. The molecule has 18 heavy (non-hydrogen) atoms. The van der Waals surface area contributed by atoms with Crippen LogP contribution in [0, 0.1) is 5.92 Å². The highest BCUT2D eigenvalue weighted by Crippen LogP contribution is 2.14. The molecule has 0 amide bonds. The van der Waals surface area contributed by atoms with Crippen LogP contribution in [0.2, 0.25) is 0 Å². The zero-order valence-electron chi connectivity index (χ0n) is 12.1. The normalized spacial score (nSPS) is 23.2. The zero-order chi connectivity index (χ0) is 13.8. The van der Waals surface area contributed by atoms with Gasteiger partial charge in [-0.15, -0.1) is 0 Å². The summed E-state index contributed by atoms with van der Waals surface area (Å²) >= 11 is 0. The highest BCUT2D eigenvalue weighted by molar-refractivity contribution is 7.91. The van der Waals surface area contributed by atoms with E-state index >= 15 is 0 Å². The first kappa shape index (κ1) is 15.9. The maximum Gasteiger partial charge on any atom is 0.151 e. The fraction of sp³-hybridized carbons (Fsp3) is 1.00. The van der Waals surface area contributed by atoms with Crippen LogP contribution in [-0.4, -0.2) is 56.5 Å². The summed E-state index contributed by atoms with van der Waals surface area (Å²) in [4.78, 5) is 2.35. The number of nitrogens with one attached hydrogen (secondary N) is 1. The molecule has 1 aliphatic heterocycles. The largest absolute Gasteiger partial charge is 0.313 e. The predicted octanol–water partition coefficient (Wildman–Crippen LogP) is 1.13. The topological polar surface area (TPSA) is 49.4 Å². The van der Waals surface area contributed by atoms with Gasteiger partial charge in [0.15, 0.2) is 9.84 Å². The lowest BCUT2D eigenvalue weighted by molar-refractivity contribution is 0.160. The molecule has 1 fully saturated rings. The molecule has 1 saturated heterocycles. The van der Waals surface area contributed by atoms with Gasteiger partial charge in [0, 0.05) is 25.2 Å². The van der Waals surface area contributed by atoms with Gasteiger partial charge in [0.05, 0.1) is 11.5 Å². The smallest absolute Gasteiger partial charge is 0.151 e. The summed E-state index contributed by atoms with van der Waals surface area (Å²) in [5.74, 6) is 1.21. The molecule has 1 unspecified atom stereocenters. The number of nitrogens with zero attached hydrogens (tertiary/aromatic N) is 1. The maximum atomic E-state index is 11.6. The molecule has 0 aromatic heterocycles. The minimum atomic E-state index is -2.80.